The lowest BCUT2D eigenvalue weighted by atomic mass is 9.38. The van der Waals surface area contributed by atoms with Crippen LogP contribution in [0.15, 0.2) is 0 Å². The van der Waals surface area contributed by atoms with Gasteiger partial charge in [0.2, 0.25) is 0 Å². The second-order valence-corrected chi connectivity index (χ2v) is 15.2. The molecule has 0 bridgehead atoms. The quantitative estimate of drug-likeness (QED) is 0.384. The monoisotopic (exact) mass is 442 g/mol. The van der Waals surface area contributed by atoms with Crippen LogP contribution < -0.4 is 0 Å². The number of fused-ring (bicyclic) bond motifs is 5. The molecule has 0 aromatic carbocycles. The summed E-state index contributed by atoms with van der Waals surface area (Å²) in [6, 6.07) is 0. The summed E-state index contributed by atoms with van der Waals surface area (Å²) < 4.78 is 0. The first kappa shape index (κ1) is 25.1. The molecule has 4 saturated carbocycles. The highest BCUT2D eigenvalue weighted by molar-refractivity contribution is 5.15. The molecule has 0 heterocycles. The van der Waals surface area contributed by atoms with Crippen molar-refractivity contribution in [1.82, 2.24) is 0 Å². The molecule has 0 spiro atoms. The van der Waals surface area contributed by atoms with E-state index in [1.165, 1.54) is 77.0 Å². The summed E-state index contributed by atoms with van der Waals surface area (Å²) in [5.74, 6) is 6.61. The highest BCUT2D eigenvalue weighted by atomic mass is 14.7. The van der Waals surface area contributed by atoms with Gasteiger partial charge in [-0.25, -0.2) is 0 Å². The molecule has 4 aliphatic carbocycles. The van der Waals surface area contributed by atoms with Crippen molar-refractivity contribution < 1.29 is 0 Å². The van der Waals surface area contributed by atoms with Gasteiger partial charge in [-0.3, -0.25) is 0 Å². The van der Waals surface area contributed by atoms with E-state index in [2.05, 4.69) is 62.3 Å². The average Bonchev–Trinajstić information content (AvgIpc) is 2.99. The summed E-state index contributed by atoms with van der Waals surface area (Å²) >= 11 is 0. The Bertz CT molecular complexity index is 659. The van der Waals surface area contributed by atoms with Crippen LogP contribution in [0, 0.1) is 63.1 Å². The van der Waals surface area contributed by atoms with Gasteiger partial charge in [-0.1, -0.05) is 81.6 Å². The Balaban J connectivity index is 1.53. The van der Waals surface area contributed by atoms with Crippen LogP contribution in [0.3, 0.4) is 0 Å². The average molecular weight is 443 g/mol. The van der Waals surface area contributed by atoms with Gasteiger partial charge < -0.3 is 0 Å². The van der Waals surface area contributed by atoms with E-state index in [9.17, 15) is 0 Å². The van der Waals surface area contributed by atoms with Gasteiger partial charge in [-0.15, -0.1) is 0 Å². The van der Waals surface area contributed by atoms with Gasteiger partial charge in [0.05, 0.1) is 0 Å². The van der Waals surface area contributed by atoms with Crippen LogP contribution in [0.4, 0.5) is 0 Å². The molecule has 0 aromatic rings. The molecule has 0 amide bonds. The van der Waals surface area contributed by atoms with Crippen molar-refractivity contribution in [1.29, 1.82) is 0 Å². The summed E-state index contributed by atoms with van der Waals surface area (Å²) in [6.07, 6.45) is 17.9. The molecule has 0 N–H and O–H groups in total. The van der Waals surface area contributed by atoms with Gasteiger partial charge in [-0.05, 0) is 121 Å². The molecule has 186 valence electrons. The molecule has 4 fully saturated rings. The van der Waals surface area contributed by atoms with Gasteiger partial charge in [0.15, 0.2) is 0 Å². The van der Waals surface area contributed by atoms with Crippen LogP contribution in [0.1, 0.15) is 139 Å². The van der Waals surface area contributed by atoms with Crippen molar-refractivity contribution in [2.45, 2.75) is 139 Å². The van der Waals surface area contributed by atoms with Crippen LogP contribution in [-0.2, 0) is 0 Å². The summed E-state index contributed by atoms with van der Waals surface area (Å²) in [7, 11) is 0. The van der Waals surface area contributed by atoms with Crippen molar-refractivity contribution in [3.05, 3.63) is 0 Å². The predicted molar refractivity (Wildman–Crippen MR) is 141 cm³/mol. The summed E-state index contributed by atoms with van der Waals surface area (Å²) in [5.41, 5.74) is 2.36. The van der Waals surface area contributed by atoms with Crippen molar-refractivity contribution in [3.63, 3.8) is 0 Å². The molecule has 0 saturated heterocycles. The van der Waals surface area contributed by atoms with E-state index in [1.54, 1.807) is 0 Å². The van der Waals surface area contributed by atoms with Crippen LogP contribution in [0.25, 0.3) is 0 Å². The van der Waals surface area contributed by atoms with Crippen LogP contribution in [-0.4, -0.2) is 0 Å². The number of rotatable bonds is 6. The summed E-state index contributed by atoms with van der Waals surface area (Å²) in [5, 5.41) is 0. The maximum absolute atomic E-state index is 2.79. The molecule has 6 unspecified atom stereocenters. The Morgan fingerprint density at radius 1 is 0.719 bits per heavy atom. The summed E-state index contributed by atoms with van der Waals surface area (Å²) in [6.45, 7) is 23.5. The molecular weight excluding hydrogens is 384 g/mol. The molecule has 4 aliphatic rings. The van der Waals surface area contributed by atoms with Crippen molar-refractivity contribution >= 4 is 0 Å². The molecule has 0 radical (unpaired) electrons. The van der Waals surface area contributed by atoms with E-state index >= 15 is 0 Å². The van der Waals surface area contributed by atoms with Crippen LogP contribution >= 0.6 is 0 Å². The third-order valence-corrected chi connectivity index (χ3v) is 13.4. The van der Waals surface area contributed by atoms with Gasteiger partial charge >= 0.3 is 0 Å². The first-order valence-corrected chi connectivity index (χ1v) is 14.9. The number of hydrogen-bond donors (Lipinski definition) is 0. The Hall–Kier alpha value is 0. The second-order valence-electron chi connectivity index (χ2n) is 15.2. The third kappa shape index (κ3) is 3.66. The molecule has 0 nitrogen and oxygen atoms in total. The smallest absolute Gasteiger partial charge is 0.0238 e. The van der Waals surface area contributed by atoms with Crippen molar-refractivity contribution in [3.8, 4) is 0 Å². The fourth-order valence-electron chi connectivity index (χ4n) is 11.2. The Morgan fingerprint density at radius 3 is 2.06 bits per heavy atom. The predicted octanol–water partition coefficient (Wildman–Crippen LogP) is 10.2. The minimum Gasteiger partial charge on any atom is -0.0651 e. The van der Waals surface area contributed by atoms with E-state index in [1.807, 2.05) is 0 Å². The van der Waals surface area contributed by atoms with E-state index in [0.717, 1.165) is 41.4 Å². The molecule has 0 aliphatic heterocycles. The molecule has 32 heavy (non-hydrogen) atoms. The number of hydrogen-bond acceptors (Lipinski definition) is 0. The second kappa shape index (κ2) is 8.59. The van der Waals surface area contributed by atoms with E-state index in [-0.39, 0.29) is 0 Å². The molecular formula is C32H58. The zero-order valence-electron chi connectivity index (χ0n) is 23.5. The first-order chi connectivity index (χ1) is 14.9. The van der Waals surface area contributed by atoms with Gasteiger partial charge in [0, 0.05) is 0 Å². The standard InChI is InChI=1S/C32H58/c1-10-24(22(2)3)13-12-23(4)25-16-20-32(9)27-14-15-28-29(5,6)18-11-19-30(28,7)26(27)17-21-31(25,32)8/h22-28H,10-21H2,1-9H3/t23?,24?,25?,26?,27?,28?,30-,31-,32+/m1/s1. The Labute approximate surface area is 202 Å². The Morgan fingerprint density at radius 2 is 1.41 bits per heavy atom. The van der Waals surface area contributed by atoms with Gasteiger partial charge in [0.25, 0.3) is 0 Å². The van der Waals surface area contributed by atoms with Crippen LogP contribution in [0.2, 0.25) is 0 Å². The van der Waals surface area contributed by atoms with Gasteiger partial charge in [-0.2, -0.15) is 0 Å². The lowest BCUT2D eigenvalue weighted by Crippen LogP contribution is -2.59. The minimum absolute atomic E-state index is 0.568. The van der Waals surface area contributed by atoms with Crippen LogP contribution in [0.5, 0.6) is 0 Å². The fraction of sp³-hybridized carbons (Fsp3) is 1.00. The first-order valence-electron chi connectivity index (χ1n) is 14.9. The van der Waals surface area contributed by atoms with Gasteiger partial charge in [0.1, 0.15) is 0 Å². The van der Waals surface area contributed by atoms with E-state index < -0.39 is 0 Å². The third-order valence-electron chi connectivity index (χ3n) is 13.4. The lowest BCUT2D eigenvalue weighted by molar-refractivity contribution is -0.179. The zero-order chi connectivity index (χ0) is 23.5. The summed E-state index contributed by atoms with van der Waals surface area (Å²) in [4.78, 5) is 0. The molecule has 0 heteroatoms. The van der Waals surface area contributed by atoms with Crippen molar-refractivity contribution in [2.75, 3.05) is 0 Å². The molecule has 0 aromatic heterocycles. The lowest BCUT2D eigenvalue weighted by Gasteiger charge is -2.67. The fourth-order valence-corrected chi connectivity index (χ4v) is 11.2. The maximum atomic E-state index is 2.79. The van der Waals surface area contributed by atoms with Crippen molar-refractivity contribution in [2.24, 2.45) is 63.1 Å². The molecule has 9 atom stereocenters. The highest BCUT2D eigenvalue weighted by Gasteiger charge is 2.66. The minimum atomic E-state index is 0.568. The van der Waals surface area contributed by atoms with E-state index in [4.69, 9.17) is 0 Å². The Kier molecular flexibility index (Phi) is 6.74. The largest absolute Gasteiger partial charge is 0.0651 e. The topological polar surface area (TPSA) is 0 Å². The highest BCUT2D eigenvalue weighted by Crippen LogP contribution is 2.74. The normalized spacial score (nSPS) is 47.4. The van der Waals surface area contributed by atoms with E-state index in [0.29, 0.717) is 21.7 Å². The maximum Gasteiger partial charge on any atom is -0.0238 e. The SMILES string of the molecule is CCC(CCC(C)C1CC[C@@]2(C)C3CCC4C(C)(C)CCC[C@]4(C)C3CC[C@]12C)C(C)C. The molecule has 4 rings (SSSR count). The zero-order valence-corrected chi connectivity index (χ0v) is 23.5.